The molecule has 0 aromatic carbocycles. The van der Waals surface area contributed by atoms with E-state index in [1.54, 1.807) is 5.57 Å². The number of hydrogen-bond donors (Lipinski definition) is 0. The number of allylic oxidation sites excluding steroid dienone is 2. The van der Waals surface area contributed by atoms with E-state index >= 15 is 0 Å². The van der Waals surface area contributed by atoms with Gasteiger partial charge in [0.25, 0.3) is 0 Å². The smallest absolute Gasteiger partial charge is 0.0260 e. The molecular formula is C10H18. The Bertz CT molecular complexity index is 131. The van der Waals surface area contributed by atoms with Crippen LogP contribution in [0.3, 0.4) is 0 Å². The summed E-state index contributed by atoms with van der Waals surface area (Å²) in [7, 11) is 0. The van der Waals surface area contributed by atoms with Gasteiger partial charge in [0.1, 0.15) is 0 Å². The fraction of sp³-hybridized carbons (Fsp3) is 0.800. The van der Waals surface area contributed by atoms with Gasteiger partial charge in [-0.2, -0.15) is 0 Å². The maximum absolute atomic E-state index is 2.44. The van der Waals surface area contributed by atoms with E-state index in [9.17, 15) is 0 Å². The molecule has 0 aromatic rings. The second kappa shape index (κ2) is 3.23. The van der Waals surface area contributed by atoms with Crippen molar-refractivity contribution < 1.29 is 0 Å². The molecule has 1 atom stereocenters. The molecule has 0 radical (unpaired) electrons. The fourth-order valence-electron chi connectivity index (χ4n) is 1.61. The highest BCUT2D eigenvalue weighted by molar-refractivity contribution is 5.08. The van der Waals surface area contributed by atoms with Gasteiger partial charge in [-0.05, 0) is 31.1 Å². The average Bonchev–Trinajstić information content (AvgIpc) is 1.88. The van der Waals surface area contributed by atoms with E-state index in [2.05, 4.69) is 26.8 Å². The molecular weight excluding hydrogens is 120 g/mol. The molecule has 0 bridgehead atoms. The van der Waals surface area contributed by atoms with Crippen LogP contribution >= 0.6 is 0 Å². The summed E-state index contributed by atoms with van der Waals surface area (Å²) in [6.45, 7) is 6.95. The zero-order valence-corrected chi connectivity index (χ0v) is 7.35. The van der Waals surface area contributed by atoms with Gasteiger partial charge in [-0.3, -0.25) is 0 Å². The lowest BCUT2D eigenvalue weighted by Gasteiger charge is -2.21. The third-order valence-electron chi connectivity index (χ3n) is 2.39. The maximum atomic E-state index is 2.44. The maximum Gasteiger partial charge on any atom is -0.0260 e. The normalized spacial score (nSPS) is 26.8. The molecule has 58 valence electrons. The van der Waals surface area contributed by atoms with Crippen molar-refractivity contribution in [2.24, 2.45) is 11.8 Å². The summed E-state index contributed by atoms with van der Waals surface area (Å²) in [6.07, 6.45) is 6.49. The highest BCUT2D eigenvalue weighted by Gasteiger charge is 2.12. The first kappa shape index (κ1) is 7.84. The Morgan fingerprint density at radius 3 is 2.60 bits per heavy atom. The molecule has 0 N–H and O–H groups in total. The molecule has 0 amide bonds. The number of rotatable bonds is 1. The first-order valence-electron chi connectivity index (χ1n) is 4.39. The van der Waals surface area contributed by atoms with E-state index in [1.807, 2.05) is 0 Å². The Morgan fingerprint density at radius 1 is 1.50 bits per heavy atom. The van der Waals surface area contributed by atoms with Crippen LogP contribution in [0.2, 0.25) is 0 Å². The van der Waals surface area contributed by atoms with Crippen molar-refractivity contribution in [2.45, 2.75) is 40.0 Å². The first-order valence-corrected chi connectivity index (χ1v) is 4.39. The summed E-state index contributed by atoms with van der Waals surface area (Å²) >= 11 is 0. The standard InChI is InChI=1S/C10H18/c1-8(2)10-6-4-5-9(3)7-10/h6,8-9H,4-5,7H2,1-3H3. The molecule has 0 saturated heterocycles. The van der Waals surface area contributed by atoms with E-state index in [0.29, 0.717) is 0 Å². The van der Waals surface area contributed by atoms with E-state index in [-0.39, 0.29) is 0 Å². The molecule has 0 heteroatoms. The second-order valence-corrected chi connectivity index (χ2v) is 3.82. The van der Waals surface area contributed by atoms with Crippen LogP contribution in [0.1, 0.15) is 40.0 Å². The summed E-state index contributed by atoms with van der Waals surface area (Å²) in [5.41, 5.74) is 1.68. The quantitative estimate of drug-likeness (QED) is 0.487. The van der Waals surface area contributed by atoms with Gasteiger partial charge in [0.15, 0.2) is 0 Å². The third-order valence-corrected chi connectivity index (χ3v) is 2.39. The van der Waals surface area contributed by atoms with Crippen LogP contribution in [0.4, 0.5) is 0 Å². The Balaban J connectivity index is 2.51. The topological polar surface area (TPSA) is 0 Å². The van der Waals surface area contributed by atoms with E-state index in [0.717, 1.165) is 11.8 Å². The zero-order chi connectivity index (χ0) is 7.56. The molecule has 0 spiro atoms. The van der Waals surface area contributed by atoms with Crippen molar-refractivity contribution in [1.82, 2.24) is 0 Å². The largest absolute Gasteiger partial charge is 0.0851 e. The predicted molar refractivity (Wildman–Crippen MR) is 45.9 cm³/mol. The van der Waals surface area contributed by atoms with Gasteiger partial charge in [-0.1, -0.05) is 32.4 Å². The van der Waals surface area contributed by atoms with Crippen molar-refractivity contribution in [3.8, 4) is 0 Å². The van der Waals surface area contributed by atoms with Crippen molar-refractivity contribution in [3.63, 3.8) is 0 Å². The lowest BCUT2D eigenvalue weighted by Crippen LogP contribution is -2.06. The molecule has 1 aliphatic rings. The predicted octanol–water partition coefficient (Wildman–Crippen LogP) is 3.39. The summed E-state index contributed by atoms with van der Waals surface area (Å²) in [4.78, 5) is 0. The fourth-order valence-corrected chi connectivity index (χ4v) is 1.61. The molecule has 1 unspecified atom stereocenters. The summed E-state index contributed by atoms with van der Waals surface area (Å²) in [5.74, 6) is 1.71. The molecule has 0 aromatic heterocycles. The van der Waals surface area contributed by atoms with E-state index in [1.165, 1.54) is 19.3 Å². The minimum absolute atomic E-state index is 0.780. The number of hydrogen-bond acceptors (Lipinski definition) is 0. The average molecular weight is 138 g/mol. The summed E-state index contributed by atoms with van der Waals surface area (Å²) in [6, 6.07) is 0. The molecule has 0 aliphatic heterocycles. The van der Waals surface area contributed by atoms with Crippen molar-refractivity contribution in [2.75, 3.05) is 0 Å². The Labute approximate surface area is 64.3 Å². The lowest BCUT2D eigenvalue weighted by molar-refractivity contribution is 0.480. The van der Waals surface area contributed by atoms with Crippen molar-refractivity contribution in [1.29, 1.82) is 0 Å². The molecule has 0 heterocycles. The van der Waals surface area contributed by atoms with Crippen LogP contribution < -0.4 is 0 Å². The summed E-state index contributed by atoms with van der Waals surface area (Å²) < 4.78 is 0. The SMILES string of the molecule is CC1CCC=C(C(C)C)C1. The molecule has 0 fully saturated rings. The molecule has 0 nitrogen and oxygen atoms in total. The van der Waals surface area contributed by atoms with Gasteiger partial charge in [-0.25, -0.2) is 0 Å². The van der Waals surface area contributed by atoms with Gasteiger partial charge in [0, 0.05) is 0 Å². The van der Waals surface area contributed by atoms with Gasteiger partial charge < -0.3 is 0 Å². The third kappa shape index (κ3) is 1.86. The van der Waals surface area contributed by atoms with Gasteiger partial charge >= 0.3 is 0 Å². The minimum atomic E-state index is 0.780. The molecule has 10 heavy (non-hydrogen) atoms. The highest BCUT2D eigenvalue weighted by atomic mass is 14.2. The molecule has 1 rings (SSSR count). The van der Waals surface area contributed by atoms with E-state index < -0.39 is 0 Å². The van der Waals surface area contributed by atoms with Gasteiger partial charge in [0.05, 0.1) is 0 Å². The Kier molecular flexibility index (Phi) is 2.53. The lowest BCUT2D eigenvalue weighted by atomic mass is 9.85. The van der Waals surface area contributed by atoms with Crippen LogP contribution in [0, 0.1) is 11.8 Å². The molecule has 0 saturated carbocycles. The minimum Gasteiger partial charge on any atom is -0.0851 e. The van der Waals surface area contributed by atoms with Crippen LogP contribution in [0.25, 0.3) is 0 Å². The second-order valence-electron chi connectivity index (χ2n) is 3.82. The van der Waals surface area contributed by atoms with Gasteiger partial charge in [0.2, 0.25) is 0 Å². The Hall–Kier alpha value is -0.260. The zero-order valence-electron chi connectivity index (χ0n) is 7.35. The van der Waals surface area contributed by atoms with Crippen LogP contribution in [-0.2, 0) is 0 Å². The van der Waals surface area contributed by atoms with Crippen LogP contribution in [0.15, 0.2) is 11.6 Å². The van der Waals surface area contributed by atoms with Gasteiger partial charge in [-0.15, -0.1) is 0 Å². The van der Waals surface area contributed by atoms with Crippen molar-refractivity contribution >= 4 is 0 Å². The summed E-state index contributed by atoms with van der Waals surface area (Å²) in [5, 5.41) is 0. The first-order chi connectivity index (χ1) is 4.70. The highest BCUT2D eigenvalue weighted by Crippen LogP contribution is 2.27. The molecule has 1 aliphatic carbocycles. The van der Waals surface area contributed by atoms with Crippen LogP contribution in [-0.4, -0.2) is 0 Å². The monoisotopic (exact) mass is 138 g/mol. The Morgan fingerprint density at radius 2 is 2.20 bits per heavy atom. The van der Waals surface area contributed by atoms with E-state index in [4.69, 9.17) is 0 Å². The van der Waals surface area contributed by atoms with Crippen LogP contribution in [0.5, 0.6) is 0 Å². The van der Waals surface area contributed by atoms with Crippen molar-refractivity contribution in [3.05, 3.63) is 11.6 Å².